The molecule has 0 unspecified atom stereocenters. The van der Waals surface area contributed by atoms with Crippen molar-refractivity contribution in [3.05, 3.63) is 47.2 Å². The van der Waals surface area contributed by atoms with Crippen LogP contribution in [0.3, 0.4) is 0 Å². The van der Waals surface area contributed by atoms with Crippen molar-refractivity contribution in [2.24, 2.45) is 0 Å². The van der Waals surface area contributed by atoms with E-state index in [4.69, 9.17) is 16.3 Å². The molecule has 1 aliphatic rings. The van der Waals surface area contributed by atoms with Crippen molar-refractivity contribution in [1.29, 1.82) is 0 Å². The molecule has 0 bridgehead atoms. The van der Waals surface area contributed by atoms with Gasteiger partial charge in [0.05, 0.1) is 29.9 Å². The first kappa shape index (κ1) is 18.9. The van der Waals surface area contributed by atoms with Crippen molar-refractivity contribution < 1.29 is 14.3 Å². The van der Waals surface area contributed by atoms with E-state index in [-0.39, 0.29) is 12.5 Å². The van der Waals surface area contributed by atoms with Gasteiger partial charge in [-0.1, -0.05) is 11.6 Å². The maximum absolute atomic E-state index is 12.5. The zero-order valence-corrected chi connectivity index (χ0v) is 15.6. The molecule has 0 spiro atoms. The second-order valence-electron chi connectivity index (χ2n) is 5.96. The Hall–Kier alpha value is -2.87. The SMILES string of the molecule is COC(=O)c1ccc(Cl)c(NCC(=O)N2CCN(c3ncccn3)CC2)c1. The molecule has 9 heteroatoms. The minimum absolute atomic E-state index is 0.0387. The molecule has 8 nitrogen and oxygen atoms in total. The van der Waals surface area contributed by atoms with E-state index >= 15 is 0 Å². The molecule has 1 aromatic heterocycles. The quantitative estimate of drug-likeness (QED) is 0.778. The van der Waals surface area contributed by atoms with Gasteiger partial charge >= 0.3 is 5.97 Å². The minimum atomic E-state index is -0.458. The number of benzene rings is 1. The van der Waals surface area contributed by atoms with Gasteiger partial charge in [-0.05, 0) is 24.3 Å². The topological polar surface area (TPSA) is 87.7 Å². The predicted octanol–water partition coefficient (Wildman–Crippen LogP) is 1.68. The van der Waals surface area contributed by atoms with E-state index < -0.39 is 5.97 Å². The third kappa shape index (κ3) is 4.65. The first-order chi connectivity index (χ1) is 13.1. The van der Waals surface area contributed by atoms with Gasteiger partial charge in [0, 0.05) is 38.6 Å². The van der Waals surface area contributed by atoms with Gasteiger partial charge in [0.25, 0.3) is 0 Å². The first-order valence-corrected chi connectivity index (χ1v) is 8.88. The van der Waals surface area contributed by atoms with Gasteiger partial charge in [-0.3, -0.25) is 4.79 Å². The highest BCUT2D eigenvalue weighted by atomic mass is 35.5. The molecule has 1 N–H and O–H groups in total. The highest BCUT2D eigenvalue weighted by Gasteiger charge is 2.22. The molecule has 1 saturated heterocycles. The van der Waals surface area contributed by atoms with Gasteiger partial charge in [0.1, 0.15) is 0 Å². The normalized spacial score (nSPS) is 14.0. The summed E-state index contributed by atoms with van der Waals surface area (Å²) in [6.07, 6.45) is 3.41. The predicted molar refractivity (Wildman–Crippen MR) is 102 cm³/mol. The van der Waals surface area contributed by atoms with Gasteiger partial charge < -0.3 is 19.9 Å². The average molecular weight is 390 g/mol. The highest BCUT2D eigenvalue weighted by molar-refractivity contribution is 6.33. The molecule has 2 aromatic rings. The number of nitrogens with zero attached hydrogens (tertiary/aromatic N) is 4. The first-order valence-electron chi connectivity index (χ1n) is 8.50. The van der Waals surface area contributed by atoms with Gasteiger partial charge in [-0.2, -0.15) is 0 Å². The molecule has 0 saturated carbocycles. The molecule has 1 fully saturated rings. The number of ether oxygens (including phenoxy) is 1. The van der Waals surface area contributed by atoms with Crippen LogP contribution in [0.4, 0.5) is 11.6 Å². The number of nitrogens with one attached hydrogen (secondary N) is 1. The lowest BCUT2D eigenvalue weighted by molar-refractivity contribution is -0.129. The number of hydrogen-bond donors (Lipinski definition) is 1. The largest absolute Gasteiger partial charge is 0.465 e. The van der Waals surface area contributed by atoms with Crippen molar-refractivity contribution in [2.75, 3.05) is 50.1 Å². The molecular formula is C18H20ClN5O3. The lowest BCUT2D eigenvalue weighted by atomic mass is 10.2. The molecule has 0 atom stereocenters. The Morgan fingerprint density at radius 3 is 2.56 bits per heavy atom. The fourth-order valence-corrected chi connectivity index (χ4v) is 2.98. The molecule has 1 aliphatic heterocycles. The van der Waals surface area contributed by atoms with Crippen LogP contribution in [0.15, 0.2) is 36.7 Å². The lowest BCUT2D eigenvalue weighted by Crippen LogP contribution is -2.50. The van der Waals surface area contributed by atoms with Crippen LogP contribution in [0, 0.1) is 0 Å². The highest BCUT2D eigenvalue weighted by Crippen LogP contribution is 2.23. The summed E-state index contributed by atoms with van der Waals surface area (Å²) in [5.74, 6) is 0.178. The smallest absolute Gasteiger partial charge is 0.337 e. The number of halogens is 1. The standard InChI is InChI=1S/C18H20ClN5O3/c1-27-17(26)13-3-4-14(19)15(11-13)22-12-16(25)23-7-9-24(10-8-23)18-20-5-2-6-21-18/h2-6,11,22H,7-10,12H2,1H3. The number of methoxy groups -OCH3 is 1. The summed E-state index contributed by atoms with van der Waals surface area (Å²) in [5.41, 5.74) is 0.887. The van der Waals surface area contributed by atoms with E-state index in [1.807, 2.05) is 4.90 Å². The van der Waals surface area contributed by atoms with Crippen molar-refractivity contribution >= 4 is 35.1 Å². The Balaban J connectivity index is 1.54. The number of carbonyl (C=O) groups is 2. The Bertz CT molecular complexity index is 810. The molecule has 1 amide bonds. The number of carbonyl (C=O) groups excluding carboxylic acids is 2. The maximum Gasteiger partial charge on any atom is 0.337 e. The molecule has 0 radical (unpaired) electrons. The Morgan fingerprint density at radius 2 is 1.89 bits per heavy atom. The van der Waals surface area contributed by atoms with Crippen LogP contribution in [0.2, 0.25) is 5.02 Å². The fraction of sp³-hybridized carbons (Fsp3) is 0.333. The number of anilines is 2. The van der Waals surface area contributed by atoms with E-state index in [2.05, 4.69) is 15.3 Å². The summed E-state index contributed by atoms with van der Waals surface area (Å²) >= 11 is 6.14. The number of hydrogen-bond acceptors (Lipinski definition) is 7. The lowest BCUT2D eigenvalue weighted by Gasteiger charge is -2.34. The fourth-order valence-electron chi connectivity index (χ4n) is 2.80. The van der Waals surface area contributed by atoms with E-state index in [0.717, 1.165) is 0 Å². The minimum Gasteiger partial charge on any atom is -0.465 e. The monoisotopic (exact) mass is 389 g/mol. The van der Waals surface area contributed by atoms with Crippen LogP contribution >= 0.6 is 11.6 Å². The van der Waals surface area contributed by atoms with Crippen molar-refractivity contribution in [2.45, 2.75) is 0 Å². The maximum atomic E-state index is 12.5. The molecule has 2 heterocycles. The third-order valence-corrected chi connectivity index (χ3v) is 4.61. The van der Waals surface area contributed by atoms with Gasteiger partial charge in [0.15, 0.2) is 0 Å². The van der Waals surface area contributed by atoms with Crippen LogP contribution < -0.4 is 10.2 Å². The average Bonchev–Trinajstić information content (AvgIpc) is 2.73. The summed E-state index contributed by atoms with van der Waals surface area (Å²) in [6, 6.07) is 6.52. The van der Waals surface area contributed by atoms with Crippen LogP contribution in [0.5, 0.6) is 0 Å². The summed E-state index contributed by atoms with van der Waals surface area (Å²) in [6.45, 7) is 2.62. The zero-order valence-electron chi connectivity index (χ0n) is 14.9. The third-order valence-electron chi connectivity index (χ3n) is 4.28. The number of rotatable bonds is 5. The van der Waals surface area contributed by atoms with Crippen molar-refractivity contribution in [3.63, 3.8) is 0 Å². The van der Waals surface area contributed by atoms with E-state index in [9.17, 15) is 9.59 Å². The zero-order chi connectivity index (χ0) is 19.2. The van der Waals surface area contributed by atoms with Crippen LogP contribution in [0.1, 0.15) is 10.4 Å². The second-order valence-corrected chi connectivity index (χ2v) is 6.36. The number of piperazine rings is 1. The van der Waals surface area contributed by atoms with E-state index in [1.165, 1.54) is 7.11 Å². The van der Waals surface area contributed by atoms with Crippen LogP contribution in [-0.2, 0) is 9.53 Å². The number of amides is 1. The number of aromatic nitrogens is 2. The van der Waals surface area contributed by atoms with Gasteiger partial charge in [-0.25, -0.2) is 14.8 Å². The van der Waals surface area contributed by atoms with E-state index in [1.54, 1.807) is 41.6 Å². The molecule has 27 heavy (non-hydrogen) atoms. The molecular weight excluding hydrogens is 370 g/mol. The van der Waals surface area contributed by atoms with Crippen LogP contribution in [-0.4, -0.2) is 66.6 Å². The molecule has 1 aromatic carbocycles. The molecule has 0 aliphatic carbocycles. The van der Waals surface area contributed by atoms with Gasteiger partial charge in [-0.15, -0.1) is 0 Å². The summed E-state index contributed by atoms with van der Waals surface area (Å²) in [7, 11) is 1.31. The van der Waals surface area contributed by atoms with Crippen LogP contribution in [0.25, 0.3) is 0 Å². The second kappa shape index (κ2) is 8.68. The summed E-state index contributed by atoms with van der Waals surface area (Å²) < 4.78 is 4.70. The van der Waals surface area contributed by atoms with Gasteiger partial charge in [0.2, 0.25) is 11.9 Å². The Morgan fingerprint density at radius 1 is 1.19 bits per heavy atom. The summed E-state index contributed by atoms with van der Waals surface area (Å²) in [5, 5.41) is 3.43. The molecule has 142 valence electrons. The number of esters is 1. The Kier molecular flexibility index (Phi) is 6.08. The Labute approximate surface area is 162 Å². The van der Waals surface area contributed by atoms with Crippen molar-refractivity contribution in [1.82, 2.24) is 14.9 Å². The molecule has 3 rings (SSSR count). The van der Waals surface area contributed by atoms with Crippen molar-refractivity contribution in [3.8, 4) is 0 Å². The van der Waals surface area contributed by atoms with E-state index in [0.29, 0.717) is 48.4 Å². The summed E-state index contributed by atoms with van der Waals surface area (Å²) in [4.78, 5) is 36.4.